The lowest BCUT2D eigenvalue weighted by atomic mass is 10.2. The first-order chi connectivity index (χ1) is 7.29. The molecule has 1 aromatic rings. The minimum absolute atomic E-state index is 0. The van der Waals surface area contributed by atoms with Crippen molar-refractivity contribution in [3.05, 3.63) is 28.8 Å². The lowest BCUT2D eigenvalue weighted by Crippen LogP contribution is -2.19. The van der Waals surface area contributed by atoms with Crippen molar-refractivity contribution in [2.75, 3.05) is 13.1 Å². The standard InChI is InChI=1S/C12H16ClNO.ClH/c1-2-9-3-4-12(11(13)7-9)15-10-5-6-14-8-10;/h3-4,7,10,14H,2,5-6,8H2,1H3;1H. The summed E-state index contributed by atoms with van der Waals surface area (Å²) in [4.78, 5) is 0. The Balaban J connectivity index is 0.00000128. The molecule has 90 valence electrons. The molecule has 16 heavy (non-hydrogen) atoms. The van der Waals surface area contributed by atoms with E-state index in [-0.39, 0.29) is 18.5 Å². The molecule has 1 aromatic carbocycles. The molecule has 0 saturated carbocycles. The van der Waals surface area contributed by atoms with Crippen LogP contribution in [0.4, 0.5) is 0 Å². The number of benzene rings is 1. The molecule has 0 aliphatic carbocycles. The third-order valence-corrected chi connectivity index (χ3v) is 3.01. The Hall–Kier alpha value is -0.440. The van der Waals surface area contributed by atoms with Crippen LogP contribution in [0.25, 0.3) is 0 Å². The lowest BCUT2D eigenvalue weighted by Gasteiger charge is -2.14. The molecule has 0 spiro atoms. The van der Waals surface area contributed by atoms with Crippen molar-refractivity contribution in [2.45, 2.75) is 25.9 Å². The fourth-order valence-corrected chi connectivity index (χ4v) is 2.02. The molecule has 1 atom stereocenters. The van der Waals surface area contributed by atoms with Crippen LogP contribution >= 0.6 is 24.0 Å². The maximum Gasteiger partial charge on any atom is 0.138 e. The van der Waals surface area contributed by atoms with Gasteiger partial charge in [-0.3, -0.25) is 0 Å². The second-order valence-corrected chi connectivity index (χ2v) is 4.26. The van der Waals surface area contributed by atoms with Gasteiger partial charge in [-0.15, -0.1) is 12.4 Å². The average molecular weight is 262 g/mol. The first-order valence-corrected chi connectivity index (χ1v) is 5.83. The summed E-state index contributed by atoms with van der Waals surface area (Å²) in [5.74, 6) is 0.808. The highest BCUT2D eigenvalue weighted by atomic mass is 35.5. The topological polar surface area (TPSA) is 21.3 Å². The molecule has 0 aromatic heterocycles. The minimum Gasteiger partial charge on any atom is -0.487 e. The van der Waals surface area contributed by atoms with Gasteiger partial charge in [-0.05, 0) is 37.1 Å². The zero-order valence-corrected chi connectivity index (χ0v) is 10.9. The van der Waals surface area contributed by atoms with Crippen LogP contribution in [0.2, 0.25) is 5.02 Å². The van der Waals surface area contributed by atoms with Gasteiger partial charge in [0.15, 0.2) is 0 Å². The highest BCUT2D eigenvalue weighted by Gasteiger charge is 2.16. The first kappa shape index (κ1) is 13.6. The van der Waals surface area contributed by atoms with Crippen LogP contribution in [-0.4, -0.2) is 19.2 Å². The molecule has 1 aliphatic heterocycles. The Morgan fingerprint density at radius 3 is 2.88 bits per heavy atom. The number of rotatable bonds is 3. The number of hydrogen-bond acceptors (Lipinski definition) is 2. The fourth-order valence-electron chi connectivity index (χ4n) is 1.77. The molecule has 0 amide bonds. The van der Waals surface area contributed by atoms with Crippen LogP contribution in [-0.2, 0) is 6.42 Å². The summed E-state index contributed by atoms with van der Waals surface area (Å²) in [6.45, 7) is 4.08. The van der Waals surface area contributed by atoms with Crippen LogP contribution in [0.5, 0.6) is 5.75 Å². The molecule has 1 unspecified atom stereocenters. The maximum atomic E-state index is 6.14. The van der Waals surface area contributed by atoms with Crippen LogP contribution in [0.1, 0.15) is 18.9 Å². The Kier molecular flexibility index (Phi) is 5.39. The number of ether oxygens (including phenoxy) is 1. The van der Waals surface area contributed by atoms with E-state index in [1.165, 1.54) is 5.56 Å². The maximum absolute atomic E-state index is 6.14. The highest BCUT2D eigenvalue weighted by Crippen LogP contribution is 2.27. The normalized spacial score (nSPS) is 19.2. The molecule has 0 radical (unpaired) electrons. The van der Waals surface area contributed by atoms with Gasteiger partial charge in [0, 0.05) is 6.54 Å². The van der Waals surface area contributed by atoms with Gasteiger partial charge in [0.1, 0.15) is 11.9 Å². The van der Waals surface area contributed by atoms with Crippen molar-refractivity contribution in [3.8, 4) is 5.75 Å². The predicted molar refractivity (Wildman–Crippen MR) is 70.0 cm³/mol. The summed E-state index contributed by atoms with van der Waals surface area (Å²) in [6.07, 6.45) is 2.34. The lowest BCUT2D eigenvalue weighted by molar-refractivity contribution is 0.223. The summed E-state index contributed by atoms with van der Waals surface area (Å²) >= 11 is 6.14. The van der Waals surface area contributed by atoms with E-state index in [1.807, 2.05) is 12.1 Å². The zero-order chi connectivity index (χ0) is 10.7. The van der Waals surface area contributed by atoms with Gasteiger partial charge in [-0.1, -0.05) is 24.6 Å². The minimum atomic E-state index is 0. The van der Waals surface area contributed by atoms with E-state index in [4.69, 9.17) is 16.3 Å². The second kappa shape index (κ2) is 6.33. The monoisotopic (exact) mass is 261 g/mol. The molecular formula is C12H17Cl2NO. The second-order valence-electron chi connectivity index (χ2n) is 3.85. The fraction of sp³-hybridized carbons (Fsp3) is 0.500. The average Bonchev–Trinajstić information content (AvgIpc) is 2.74. The van der Waals surface area contributed by atoms with Crippen molar-refractivity contribution in [1.29, 1.82) is 0 Å². The van der Waals surface area contributed by atoms with Crippen molar-refractivity contribution >= 4 is 24.0 Å². The van der Waals surface area contributed by atoms with Crippen molar-refractivity contribution < 1.29 is 4.74 Å². The number of halogens is 2. The van der Waals surface area contributed by atoms with Gasteiger partial charge in [-0.2, -0.15) is 0 Å². The molecule has 1 aliphatic rings. The number of nitrogens with one attached hydrogen (secondary N) is 1. The zero-order valence-electron chi connectivity index (χ0n) is 9.33. The molecule has 2 nitrogen and oxygen atoms in total. The molecule has 1 N–H and O–H groups in total. The van der Waals surface area contributed by atoms with Gasteiger partial charge >= 0.3 is 0 Å². The van der Waals surface area contributed by atoms with E-state index in [1.54, 1.807) is 0 Å². The Labute approximate surface area is 108 Å². The SMILES string of the molecule is CCc1ccc(OC2CCNC2)c(Cl)c1.Cl. The molecule has 1 heterocycles. The molecule has 4 heteroatoms. The smallest absolute Gasteiger partial charge is 0.138 e. The Bertz CT molecular complexity index is 338. The van der Waals surface area contributed by atoms with Gasteiger partial charge in [0.2, 0.25) is 0 Å². The van der Waals surface area contributed by atoms with Gasteiger partial charge in [-0.25, -0.2) is 0 Å². The van der Waals surface area contributed by atoms with Gasteiger partial charge < -0.3 is 10.1 Å². The first-order valence-electron chi connectivity index (χ1n) is 5.45. The molecule has 1 fully saturated rings. The van der Waals surface area contributed by atoms with Crippen molar-refractivity contribution in [3.63, 3.8) is 0 Å². The molecule has 0 bridgehead atoms. The number of aryl methyl sites for hydroxylation is 1. The van der Waals surface area contributed by atoms with Crippen molar-refractivity contribution in [2.24, 2.45) is 0 Å². The van der Waals surface area contributed by atoms with Crippen LogP contribution < -0.4 is 10.1 Å². The third-order valence-electron chi connectivity index (χ3n) is 2.71. The van der Waals surface area contributed by atoms with E-state index in [2.05, 4.69) is 18.3 Å². The van der Waals surface area contributed by atoms with Crippen LogP contribution in [0.15, 0.2) is 18.2 Å². The van der Waals surface area contributed by atoms with Crippen LogP contribution in [0.3, 0.4) is 0 Å². The van der Waals surface area contributed by atoms with Crippen molar-refractivity contribution in [1.82, 2.24) is 5.32 Å². The summed E-state index contributed by atoms with van der Waals surface area (Å²) in [5.41, 5.74) is 1.25. The van der Waals surface area contributed by atoms with E-state index in [0.29, 0.717) is 0 Å². The Morgan fingerprint density at radius 2 is 2.31 bits per heavy atom. The summed E-state index contributed by atoms with van der Waals surface area (Å²) in [5, 5.41) is 3.99. The third kappa shape index (κ3) is 3.27. The molecule has 1 saturated heterocycles. The Morgan fingerprint density at radius 1 is 1.50 bits per heavy atom. The molecular weight excluding hydrogens is 245 g/mol. The summed E-state index contributed by atoms with van der Waals surface area (Å²) < 4.78 is 5.81. The molecule has 2 rings (SSSR count). The quantitative estimate of drug-likeness (QED) is 0.903. The predicted octanol–water partition coefficient (Wildman–Crippen LogP) is 3.06. The van der Waals surface area contributed by atoms with E-state index < -0.39 is 0 Å². The van der Waals surface area contributed by atoms with Crippen LogP contribution in [0, 0.1) is 0 Å². The largest absolute Gasteiger partial charge is 0.487 e. The van der Waals surface area contributed by atoms with E-state index in [0.717, 1.165) is 36.7 Å². The van der Waals surface area contributed by atoms with E-state index >= 15 is 0 Å². The summed E-state index contributed by atoms with van der Waals surface area (Å²) in [7, 11) is 0. The van der Waals surface area contributed by atoms with E-state index in [9.17, 15) is 0 Å². The summed E-state index contributed by atoms with van der Waals surface area (Å²) in [6, 6.07) is 6.03. The highest BCUT2D eigenvalue weighted by molar-refractivity contribution is 6.32. The van der Waals surface area contributed by atoms with Gasteiger partial charge in [0.05, 0.1) is 5.02 Å². The number of hydrogen-bond donors (Lipinski definition) is 1. The van der Waals surface area contributed by atoms with Gasteiger partial charge in [0.25, 0.3) is 0 Å².